The number of hydrogen-bond acceptors (Lipinski definition) is 2. The van der Waals surface area contributed by atoms with Gasteiger partial charge in [-0.15, -0.1) is 0 Å². The first-order chi connectivity index (χ1) is 7.50. The van der Waals surface area contributed by atoms with Crippen molar-refractivity contribution >= 4 is 15.9 Å². The minimum absolute atomic E-state index is 0.417. The SMILES string of the molecule is CCCC1=Cc2cc(S(C)(=O)=O)ccc2C1. The highest BCUT2D eigenvalue weighted by molar-refractivity contribution is 7.90. The van der Waals surface area contributed by atoms with Gasteiger partial charge in [0.25, 0.3) is 0 Å². The summed E-state index contributed by atoms with van der Waals surface area (Å²) in [6, 6.07) is 5.43. The van der Waals surface area contributed by atoms with E-state index in [1.54, 1.807) is 12.1 Å². The molecule has 0 unspecified atom stereocenters. The number of sulfone groups is 1. The topological polar surface area (TPSA) is 34.1 Å². The fraction of sp³-hybridized carbons (Fsp3) is 0.385. The second kappa shape index (κ2) is 4.06. The normalized spacial score (nSPS) is 14.8. The predicted molar refractivity (Wildman–Crippen MR) is 66.1 cm³/mol. The molecule has 0 saturated heterocycles. The number of rotatable bonds is 3. The predicted octanol–water partition coefficient (Wildman–Crippen LogP) is 2.83. The van der Waals surface area contributed by atoms with Crippen LogP contribution in [0.25, 0.3) is 6.08 Å². The van der Waals surface area contributed by atoms with Gasteiger partial charge in [-0.25, -0.2) is 8.42 Å². The van der Waals surface area contributed by atoms with Crippen LogP contribution in [-0.4, -0.2) is 14.7 Å². The minimum Gasteiger partial charge on any atom is -0.224 e. The molecule has 16 heavy (non-hydrogen) atoms. The van der Waals surface area contributed by atoms with Gasteiger partial charge in [-0.1, -0.05) is 31.1 Å². The molecule has 0 bridgehead atoms. The van der Waals surface area contributed by atoms with Crippen LogP contribution in [0.15, 0.2) is 28.7 Å². The fourth-order valence-corrected chi connectivity index (χ4v) is 2.75. The van der Waals surface area contributed by atoms with Crippen molar-refractivity contribution in [2.24, 2.45) is 0 Å². The van der Waals surface area contributed by atoms with E-state index in [4.69, 9.17) is 0 Å². The number of allylic oxidation sites excluding steroid dienone is 1. The summed E-state index contributed by atoms with van der Waals surface area (Å²) in [5.41, 5.74) is 3.73. The number of fused-ring (bicyclic) bond motifs is 1. The van der Waals surface area contributed by atoms with Crippen LogP contribution in [0.2, 0.25) is 0 Å². The van der Waals surface area contributed by atoms with Gasteiger partial charge < -0.3 is 0 Å². The zero-order valence-corrected chi connectivity index (χ0v) is 10.5. The lowest BCUT2D eigenvalue weighted by molar-refractivity contribution is 0.602. The third-order valence-corrected chi connectivity index (χ3v) is 4.00. The summed E-state index contributed by atoms with van der Waals surface area (Å²) in [7, 11) is -3.08. The van der Waals surface area contributed by atoms with Crippen molar-refractivity contribution < 1.29 is 8.42 Å². The third-order valence-electron chi connectivity index (χ3n) is 2.89. The Morgan fingerprint density at radius 1 is 1.31 bits per heavy atom. The molecule has 0 atom stereocenters. The molecule has 86 valence electrons. The van der Waals surface area contributed by atoms with Crippen LogP contribution >= 0.6 is 0 Å². The lowest BCUT2D eigenvalue weighted by Crippen LogP contribution is -1.97. The van der Waals surface area contributed by atoms with Gasteiger partial charge in [0.1, 0.15) is 0 Å². The minimum atomic E-state index is -3.08. The highest BCUT2D eigenvalue weighted by Crippen LogP contribution is 2.29. The third kappa shape index (κ3) is 2.19. The van der Waals surface area contributed by atoms with Gasteiger partial charge in [0, 0.05) is 6.26 Å². The van der Waals surface area contributed by atoms with Gasteiger partial charge in [0.05, 0.1) is 4.90 Å². The molecular formula is C13H16O2S. The van der Waals surface area contributed by atoms with Gasteiger partial charge in [-0.3, -0.25) is 0 Å². The van der Waals surface area contributed by atoms with Crippen LogP contribution in [0.5, 0.6) is 0 Å². The van der Waals surface area contributed by atoms with Crippen LogP contribution in [0.3, 0.4) is 0 Å². The van der Waals surface area contributed by atoms with Crippen molar-refractivity contribution in [3.8, 4) is 0 Å². The van der Waals surface area contributed by atoms with Crippen LogP contribution < -0.4 is 0 Å². The average Bonchev–Trinajstić information content (AvgIpc) is 2.57. The van der Waals surface area contributed by atoms with Crippen LogP contribution in [0, 0.1) is 0 Å². The van der Waals surface area contributed by atoms with E-state index in [1.807, 2.05) is 6.07 Å². The zero-order chi connectivity index (χ0) is 11.8. The molecule has 0 heterocycles. The van der Waals surface area contributed by atoms with E-state index < -0.39 is 9.84 Å². The smallest absolute Gasteiger partial charge is 0.175 e. The fourth-order valence-electron chi connectivity index (χ4n) is 2.10. The van der Waals surface area contributed by atoms with Crippen molar-refractivity contribution in [3.05, 3.63) is 34.9 Å². The summed E-state index contributed by atoms with van der Waals surface area (Å²) in [4.78, 5) is 0.417. The first kappa shape index (κ1) is 11.4. The number of hydrogen-bond donors (Lipinski definition) is 0. The molecule has 0 amide bonds. The van der Waals surface area contributed by atoms with Crippen LogP contribution in [-0.2, 0) is 16.3 Å². The second-order valence-corrected chi connectivity index (χ2v) is 6.38. The van der Waals surface area contributed by atoms with Gasteiger partial charge in [-0.2, -0.15) is 0 Å². The maximum absolute atomic E-state index is 11.4. The monoisotopic (exact) mass is 236 g/mol. The van der Waals surface area contributed by atoms with Gasteiger partial charge in [0.15, 0.2) is 9.84 Å². The molecule has 0 aliphatic heterocycles. The first-order valence-electron chi connectivity index (χ1n) is 5.53. The Kier molecular flexibility index (Phi) is 2.89. The molecule has 3 heteroatoms. The van der Waals surface area contributed by atoms with E-state index in [9.17, 15) is 8.42 Å². The van der Waals surface area contributed by atoms with Crippen LogP contribution in [0.1, 0.15) is 30.9 Å². The van der Waals surface area contributed by atoms with Crippen molar-refractivity contribution in [2.75, 3.05) is 6.26 Å². The molecule has 0 N–H and O–H groups in total. The van der Waals surface area contributed by atoms with Crippen molar-refractivity contribution in [1.82, 2.24) is 0 Å². The van der Waals surface area contributed by atoms with Crippen molar-refractivity contribution in [2.45, 2.75) is 31.1 Å². The molecule has 0 aromatic heterocycles. The molecule has 2 nitrogen and oxygen atoms in total. The molecule has 0 spiro atoms. The quantitative estimate of drug-likeness (QED) is 0.808. The van der Waals surface area contributed by atoms with Gasteiger partial charge in [0.2, 0.25) is 0 Å². The molecule has 0 fully saturated rings. The van der Waals surface area contributed by atoms with E-state index in [0.29, 0.717) is 4.90 Å². The largest absolute Gasteiger partial charge is 0.224 e. The molecular weight excluding hydrogens is 220 g/mol. The van der Waals surface area contributed by atoms with E-state index in [-0.39, 0.29) is 0 Å². The van der Waals surface area contributed by atoms with Crippen LogP contribution in [0.4, 0.5) is 0 Å². The molecule has 0 radical (unpaired) electrons. The van der Waals surface area contributed by atoms with E-state index in [1.165, 1.54) is 17.4 Å². The second-order valence-electron chi connectivity index (χ2n) is 4.36. The average molecular weight is 236 g/mol. The summed E-state index contributed by atoms with van der Waals surface area (Å²) < 4.78 is 22.8. The lowest BCUT2D eigenvalue weighted by Gasteiger charge is -2.02. The lowest BCUT2D eigenvalue weighted by atomic mass is 10.1. The molecule has 2 rings (SSSR count). The highest BCUT2D eigenvalue weighted by Gasteiger charge is 2.15. The Hall–Kier alpha value is -1.09. The standard InChI is InChI=1S/C13H16O2S/c1-3-4-10-7-11-5-6-13(16(2,14)15)9-12(11)8-10/h5-6,8-9H,3-4,7H2,1-2H3. The molecule has 1 aliphatic carbocycles. The Morgan fingerprint density at radius 3 is 2.69 bits per heavy atom. The molecule has 1 aliphatic rings. The van der Waals surface area contributed by atoms with Gasteiger partial charge in [-0.05, 0) is 36.1 Å². The molecule has 1 aromatic carbocycles. The zero-order valence-electron chi connectivity index (χ0n) is 9.66. The van der Waals surface area contributed by atoms with Crippen molar-refractivity contribution in [1.29, 1.82) is 0 Å². The highest BCUT2D eigenvalue weighted by atomic mass is 32.2. The summed E-state index contributed by atoms with van der Waals surface area (Å²) in [6.07, 6.45) is 6.60. The Labute approximate surface area is 96.9 Å². The molecule has 0 saturated carbocycles. The van der Waals surface area contributed by atoms with E-state index in [2.05, 4.69) is 13.0 Å². The molecule has 1 aromatic rings. The maximum atomic E-state index is 11.4. The Balaban J connectivity index is 2.38. The van der Waals surface area contributed by atoms with Gasteiger partial charge >= 0.3 is 0 Å². The summed E-state index contributed by atoms with van der Waals surface area (Å²) >= 11 is 0. The summed E-state index contributed by atoms with van der Waals surface area (Å²) in [5, 5.41) is 0. The maximum Gasteiger partial charge on any atom is 0.175 e. The number of benzene rings is 1. The Morgan fingerprint density at radius 2 is 2.06 bits per heavy atom. The summed E-state index contributed by atoms with van der Waals surface area (Å²) in [6.45, 7) is 2.16. The summed E-state index contributed by atoms with van der Waals surface area (Å²) in [5.74, 6) is 0. The van der Waals surface area contributed by atoms with Crippen molar-refractivity contribution in [3.63, 3.8) is 0 Å². The first-order valence-corrected chi connectivity index (χ1v) is 7.42. The Bertz CT molecular complexity index is 539. The van der Waals surface area contributed by atoms with E-state index in [0.717, 1.165) is 24.8 Å². The van der Waals surface area contributed by atoms with E-state index >= 15 is 0 Å².